The van der Waals surface area contributed by atoms with Gasteiger partial charge in [0.05, 0.1) is 23.1 Å². The summed E-state index contributed by atoms with van der Waals surface area (Å²) < 4.78 is 11.4. The van der Waals surface area contributed by atoms with Gasteiger partial charge in [0.1, 0.15) is 5.82 Å². The fraction of sp³-hybridized carbons (Fsp3) is 0.211. The lowest BCUT2D eigenvalue weighted by Gasteiger charge is -2.16. The van der Waals surface area contributed by atoms with Crippen molar-refractivity contribution in [3.05, 3.63) is 70.6 Å². The van der Waals surface area contributed by atoms with Gasteiger partial charge in [-0.05, 0) is 37.1 Å². The van der Waals surface area contributed by atoms with Gasteiger partial charge >= 0.3 is 0 Å². The predicted octanol–water partition coefficient (Wildman–Crippen LogP) is 4.35. The van der Waals surface area contributed by atoms with Crippen molar-refractivity contribution in [2.75, 3.05) is 7.11 Å². The summed E-state index contributed by atoms with van der Waals surface area (Å²) >= 11 is 0. The predicted molar refractivity (Wildman–Crippen MR) is 98.7 cm³/mol. The van der Waals surface area contributed by atoms with E-state index in [1.807, 2.05) is 31.2 Å². The van der Waals surface area contributed by atoms with Crippen LogP contribution >= 0.6 is 0 Å². The van der Waals surface area contributed by atoms with E-state index in [4.69, 9.17) is 9.47 Å². The number of non-ortho nitro benzene ring substituents is 1. The highest BCUT2D eigenvalue weighted by Gasteiger charge is 2.17. The molecule has 3 rings (SSSR count). The Morgan fingerprint density at radius 3 is 2.81 bits per heavy atom. The number of hydrogen-bond donors (Lipinski definition) is 1. The van der Waals surface area contributed by atoms with Crippen molar-refractivity contribution >= 4 is 16.7 Å². The van der Waals surface area contributed by atoms with Crippen LogP contribution in [0.2, 0.25) is 0 Å². The highest BCUT2D eigenvalue weighted by Crippen LogP contribution is 2.32. The highest BCUT2D eigenvalue weighted by atomic mass is 16.6. The zero-order valence-electron chi connectivity index (χ0n) is 14.6. The number of imidazole rings is 1. The molecule has 0 unspecified atom stereocenters. The second kappa shape index (κ2) is 7.26. The molecule has 1 atom stereocenters. The van der Waals surface area contributed by atoms with Gasteiger partial charge in [-0.25, -0.2) is 4.98 Å². The van der Waals surface area contributed by atoms with Crippen LogP contribution in [0.4, 0.5) is 5.69 Å². The highest BCUT2D eigenvalue weighted by molar-refractivity contribution is 5.77. The standard InChI is InChI=1S/C19H19N3O4/c1-4-5-13-6-9-17(18(10-13)25-3)26-12(2)19-20-15-8-7-14(22(23)24)11-16(15)21-19/h4,6-12H,1,5H2,2-3H3,(H,20,21)/t12-/m1/s1. The third-order valence-corrected chi connectivity index (χ3v) is 3.99. The van der Waals surface area contributed by atoms with E-state index in [9.17, 15) is 10.1 Å². The molecule has 0 aliphatic carbocycles. The molecule has 2 aromatic carbocycles. The number of benzene rings is 2. The number of hydrogen-bond acceptors (Lipinski definition) is 5. The Kier molecular flexibility index (Phi) is 4.88. The van der Waals surface area contributed by atoms with Crippen LogP contribution in [0.3, 0.4) is 0 Å². The number of nitrogens with one attached hydrogen (secondary N) is 1. The Balaban J connectivity index is 1.85. The molecule has 0 amide bonds. The monoisotopic (exact) mass is 353 g/mol. The van der Waals surface area contributed by atoms with Crippen LogP contribution in [0.15, 0.2) is 49.1 Å². The van der Waals surface area contributed by atoms with Gasteiger partial charge < -0.3 is 14.5 Å². The first-order valence-corrected chi connectivity index (χ1v) is 8.10. The van der Waals surface area contributed by atoms with Gasteiger partial charge in [-0.3, -0.25) is 10.1 Å². The SMILES string of the molecule is C=CCc1ccc(O[C@H](C)c2nc3ccc([N+](=O)[O-])cc3[nH]2)c(OC)c1. The molecule has 134 valence electrons. The van der Waals surface area contributed by atoms with Gasteiger partial charge in [0, 0.05) is 12.1 Å². The first-order chi connectivity index (χ1) is 12.5. The molecule has 0 aliphatic heterocycles. The van der Waals surface area contributed by atoms with Crippen LogP contribution in [-0.4, -0.2) is 22.0 Å². The molecule has 0 fully saturated rings. The summed E-state index contributed by atoms with van der Waals surface area (Å²) in [4.78, 5) is 18.0. The Morgan fingerprint density at radius 1 is 1.31 bits per heavy atom. The molecular weight excluding hydrogens is 334 g/mol. The van der Waals surface area contributed by atoms with E-state index in [2.05, 4.69) is 16.5 Å². The summed E-state index contributed by atoms with van der Waals surface area (Å²) in [6, 6.07) is 10.2. The van der Waals surface area contributed by atoms with E-state index in [0.717, 1.165) is 12.0 Å². The maximum absolute atomic E-state index is 10.9. The summed E-state index contributed by atoms with van der Waals surface area (Å²) in [5.74, 6) is 1.81. The van der Waals surface area contributed by atoms with Gasteiger partial charge in [0.25, 0.3) is 5.69 Å². The number of nitro benzene ring substituents is 1. The van der Waals surface area contributed by atoms with E-state index in [-0.39, 0.29) is 11.8 Å². The zero-order valence-corrected chi connectivity index (χ0v) is 14.6. The van der Waals surface area contributed by atoms with Crippen molar-refractivity contribution in [2.45, 2.75) is 19.4 Å². The van der Waals surface area contributed by atoms with Gasteiger partial charge in [0.2, 0.25) is 0 Å². The number of aromatic amines is 1. The van der Waals surface area contributed by atoms with Crippen LogP contribution < -0.4 is 9.47 Å². The molecule has 0 bridgehead atoms. The van der Waals surface area contributed by atoms with Crippen molar-refractivity contribution < 1.29 is 14.4 Å². The molecule has 1 heterocycles. The van der Waals surface area contributed by atoms with E-state index in [1.165, 1.54) is 12.1 Å². The summed E-state index contributed by atoms with van der Waals surface area (Å²) in [5, 5.41) is 10.9. The number of fused-ring (bicyclic) bond motifs is 1. The molecule has 26 heavy (non-hydrogen) atoms. The van der Waals surface area contributed by atoms with Crippen molar-refractivity contribution in [3.63, 3.8) is 0 Å². The molecule has 7 nitrogen and oxygen atoms in total. The average Bonchev–Trinajstić information content (AvgIpc) is 3.06. The molecule has 1 aromatic heterocycles. The number of nitrogens with zero attached hydrogens (tertiary/aromatic N) is 2. The molecule has 0 aliphatic rings. The van der Waals surface area contributed by atoms with Crippen molar-refractivity contribution in [3.8, 4) is 11.5 Å². The Hall–Kier alpha value is -3.35. The third-order valence-electron chi connectivity index (χ3n) is 3.99. The van der Waals surface area contributed by atoms with Crippen LogP contribution in [0.5, 0.6) is 11.5 Å². The first-order valence-electron chi connectivity index (χ1n) is 8.10. The summed E-state index contributed by atoms with van der Waals surface area (Å²) in [6.45, 7) is 5.58. The molecule has 0 saturated carbocycles. The van der Waals surface area contributed by atoms with E-state index in [1.54, 1.807) is 13.2 Å². The van der Waals surface area contributed by atoms with Crippen LogP contribution in [0.25, 0.3) is 11.0 Å². The second-order valence-electron chi connectivity index (χ2n) is 5.82. The van der Waals surface area contributed by atoms with Gasteiger partial charge in [-0.15, -0.1) is 6.58 Å². The molecule has 0 radical (unpaired) electrons. The van der Waals surface area contributed by atoms with Crippen molar-refractivity contribution in [1.29, 1.82) is 0 Å². The molecule has 3 aromatic rings. The lowest BCUT2D eigenvalue weighted by atomic mass is 10.1. The fourth-order valence-electron chi connectivity index (χ4n) is 2.67. The normalized spacial score (nSPS) is 11.9. The second-order valence-corrected chi connectivity index (χ2v) is 5.82. The molecule has 0 spiro atoms. The molecular formula is C19H19N3O4. The largest absolute Gasteiger partial charge is 0.493 e. The minimum absolute atomic E-state index is 0.0146. The lowest BCUT2D eigenvalue weighted by molar-refractivity contribution is -0.384. The number of H-pyrrole nitrogens is 1. The lowest BCUT2D eigenvalue weighted by Crippen LogP contribution is -2.06. The Labute approximate surface area is 150 Å². The quantitative estimate of drug-likeness (QED) is 0.387. The minimum Gasteiger partial charge on any atom is -0.493 e. The number of methoxy groups -OCH3 is 1. The van der Waals surface area contributed by atoms with E-state index >= 15 is 0 Å². The summed E-state index contributed by atoms with van der Waals surface area (Å²) in [7, 11) is 1.59. The molecule has 7 heteroatoms. The molecule has 0 saturated heterocycles. The maximum Gasteiger partial charge on any atom is 0.271 e. The minimum atomic E-state index is -0.435. The van der Waals surface area contributed by atoms with E-state index in [0.29, 0.717) is 28.4 Å². The van der Waals surface area contributed by atoms with Crippen LogP contribution in [0.1, 0.15) is 24.4 Å². The summed E-state index contributed by atoms with van der Waals surface area (Å²) in [6.07, 6.45) is 2.18. The Bertz CT molecular complexity index is 965. The van der Waals surface area contributed by atoms with Crippen LogP contribution in [-0.2, 0) is 6.42 Å². The number of ether oxygens (including phenoxy) is 2. The Morgan fingerprint density at radius 2 is 2.12 bits per heavy atom. The topological polar surface area (TPSA) is 90.3 Å². The number of allylic oxidation sites excluding steroid dienone is 1. The number of aromatic nitrogens is 2. The smallest absolute Gasteiger partial charge is 0.271 e. The number of nitro groups is 1. The zero-order chi connectivity index (χ0) is 18.7. The van der Waals surface area contributed by atoms with Gasteiger partial charge in [-0.2, -0.15) is 0 Å². The fourth-order valence-corrected chi connectivity index (χ4v) is 2.67. The van der Waals surface area contributed by atoms with Gasteiger partial charge in [-0.1, -0.05) is 12.1 Å². The van der Waals surface area contributed by atoms with Crippen LogP contribution in [0, 0.1) is 10.1 Å². The first kappa shape index (κ1) is 17.5. The van der Waals surface area contributed by atoms with Crippen molar-refractivity contribution in [1.82, 2.24) is 9.97 Å². The third kappa shape index (κ3) is 3.51. The average molecular weight is 353 g/mol. The maximum atomic E-state index is 10.9. The van der Waals surface area contributed by atoms with Crippen molar-refractivity contribution in [2.24, 2.45) is 0 Å². The summed E-state index contributed by atoms with van der Waals surface area (Å²) in [5.41, 5.74) is 2.33. The van der Waals surface area contributed by atoms with E-state index < -0.39 is 4.92 Å². The number of rotatable bonds is 7. The van der Waals surface area contributed by atoms with Gasteiger partial charge in [0.15, 0.2) is 17.6 Å². The molecule has 1 N–H and O–H groups in total.